The maximum Gasteiger partial charge on any atom is 0.245 e. The molecular formula is C20H21N3O5S. The van der Waals surface area contributed by atoms with Gasteiger partial charge in [-0.3, -0.25) is 14.5 Å². The maximum atomic E-state index is 13.3. The van der Waals surface area contributed by atoms with Gasteiger partial charge >= 0.3 is 0 Å². The van der Waals surface area contributed by atoms with Crippen LogP contribution < -0.4 is 15.0 Å². The molecule has 0 unspecified atom stereocenters. The number of hydrogen-bond acceptors (Lipinski definition) is 5. The Kier molecular flexibility index (Phi) is 5.01. The summed E-state index contributed by atoms with van der Waals surface area (Å²) >= 11 is 0. The molecule has 1 N–H and O–H groups in total. The number of rotatable bonds is 4. The van der Waals surface area contributed by atoms with E-state index in [1.54, 1.807) is 36.4 Å². The molecule has 2 aliphatic heterocycles. The molecule has 2 aliphatic rings. The fourth-order valence-electron chi connectivity index (χ4n) is 3.77. The van der Waals surface area contributed by atoms with Crippen LogP contribution in [0, 0.1) is 0 Å². The molecule has 1 saturated heterocycles. The van der Waals surface area contributed by atoms with Crippen LogP contribution >= 0.6 is 0 Å². The average molecular weight is 415 g/mol. The van der Waals surface area contributed by atoms with Crippen LogP contribution in [0.2, 0.25) is 0 Å². The molecule has 0 aromatic heterocycles. The highest BCUT2D eigenvalue weighted by molar-refractivity contribution is 7.89. The molecule has 0 bridgehead atoms. The van der Waals surface area contributed by atoms with Gasteiger partial charge in [-0.1, -0.05) is 12.1 Å². The van der Waals surface area contributed by atoms with Crippen molar-refractivity contribution in [3.05, 3.63) is 48.5 Å². The second-order valence-corrected chi connectivity index (χ2v) is 8.83. The number of anilines is 2. The third-order valence-electron chi connectivity index (χ3n) is 5.19. The molecule has 8 nitrogen and oxygen atoms in total. The summed E-state index contributed by atoms with van der Waals surface area (Å²) < 4.78 is 32.7. The van der Waals surface area contributed by atoms with Crippen molar-refractivity contribution in [1.29, 1.82) is 0 Å². The first-order valence-electron chi connectivity index (χ1n) is 9.28. The van der Waals surface area contributed by atoms with E-state index in [4.69, 9.17) is 4.74 Å². The molecule has 4 rings (SSSR count). The van der Waals surface area contributed by atoms with Gasteiger partial charge in [-0.25, -0.2) is 8.42 Å². The van der Waals surface area contributed by atoms with E-state index in [2.05, 4.69) is 5.32 Å². The number of para-hydroxylation sites is 2. The summed E-state index contributed by atoms with van der Waals surface area (Å²) in [7, 11) is -2.35. The standard InChI is InChI=1S/C20H21N3O5S/c1-28-14-8-10-15(11-9-14)29(26,27)23-12-4-7-18(23)20(25)22-13-19(24)21-16-5-2-3-6-17(16)22/h2-3,5-6,8-11,18H,4,7,12-13H2,1H3,(H,21,24)/t18-/m1/s1. The molecule has 152 valence electrons. The van der Waals surface area contributed by atoms with Gasteiger partial charge in [0.25, 0.3) is 0 Å². The fourth-order valence-corrected chi connectivity index (χ4v) is 5.42. The minimum Gasteiger partial charge on any atom is -0.497 e. The zero-order valence-electron chi connectivity index (χ0n) is 15.9. The number of carbonyl (C=O) groups is 2. The van der Waals surface area contributed by atoms with E-state index in [0.717, 1.165) is 0 Å². The van der Waals surface area contributed by atoms with E-state index in [9.17, 15) is 18.0 Å². The number of methoxy groups -OCH3 is 1. The number of carbonyl (C=O) groups excluding carboxylic acids is 2. The molecule has 0 aliphatic carbocycles. The van der Waals surface area contributed by atoms with Crippen molar-refractivity contribution >= 4 is 33.2 Å². The first-order valence-corrected chi connectivity index (χ1v) is 10.7. The highest BCUT2D eigenvalue weighted by Gasteiger charge is 2.42. The Morgan fingerprint density at radius 1 is 1.14 bits per heavy atom. The Labute approximate surface area is 169 Å². The molecule has 2 heterocycles. The van der Waals surface area contributed by atoms with E-state index >= 15 is 0 Å². The van der Waals surface area contributed by atoms with Gasteiger partial charge in [-0.2, -0.15) is 4.31 Å². The summed E-state index contributed by atoms with van der Waals surface area (Å²) in [5.41, 5.74) is 1.12. The molecule has 1 atom stereocenters. The predicted molar refractivity (Wildman–Crippen MR) is 107 cm³/mol. The molecule has 2 aromatic rings. The van der Waals surface area contributed by atoms with E-state index in [-0.39, 0.29) is 29.8 Å². The Morgan fingerprint density at radius 3 is 2.59 bits per heavy atom. The first-order chi connectivity index (χ1) is 13.9. The zero-order chi connectivity index (χ0) is 20.6. The van der Waals surface area contributed by atoms with Crippen LogP contribution in [-0.4, -0.2) is 50.8 Å². The molecule has 1 fully saturated rings. The molecule has 2 amide bonds. The van der Waals surface area contributed by atoms with Gasteiger partial charge in [0.2, 0.25) is 21.8 Å². The highest BCUT2D eigenvalue weighted by atomic mass is 32.2. The highest BCUT2D eigenvalue weighted by Crippen LogP contribution is 2.33. The normalized spacial score (nSPS) is 19.6. The Morgan fingerprint density at radius 2 is 1.86 bits per heavy atom. The summed E-state index contributed by atoms with van der Waals surface area (Å²) in [5, 5.41) is 2.74. The topological polar surface area (TPSA) is 96.0 Å². The quantitative estimate of drug-likeness (QED) is 0.822. The number of ether oxygens (including phenoxy) is 1. The molecule has 9 heteroatoms. The molecule has 0 spiro atoms. The van der Waals surface area contributed by atoms with Crippen molar-refractivity contribution in [3.8, 4) is 5.75 Å². The maximum absolute atomic E-state index is 13.3. The smallest absolute Gasteiger partial charge is 0.245 e. The van der Waals surface area contributed by atoms with Gasteiger partial charge < -0.3 is 10.1 Å². The summed E-state index contributed by atoms with van der Waals surface area (Å²) in [6.45, 7) is 0.120. The molecule has 0 saturated carbocycles. The van der Waals surface area contributed by atoms with Crippen LogP contribution in [0.4, 0.5) is 11.4 Å². The van der Waals surface area contributed by atoms with E-state index < -0.39 is 16.1 Å². The third kappa shape index (κ3) is 3.47. The second kappa shape index (κ2) is 7.49. The molecule has 29 heavy (non-hydrogen) atoms. The van der Waals surface area contributed by atoms with E-state index in [1.165, 1.54) is 28.4 Å². The number of nitrogens with zero attached hydrogens (tertiary/aromatic N) is 2. The number of nitrogens with one attached hydrogen (secondary N) is 1. The summed E-state index contributed by atoms with van der Waals surface area (Å²) in [6, 6.07) is 12.2. The number of hydrogen-bond donors (Lipinski definition) is 1. The van der Waals surface area contributed by atoms with Crippen molar-refractivity contribution in [3.63, 3.8) is 0 Å². The van der Waals surface area contributed by atoms with Gasteiger partial charge in [-0.05, 0) is 49.2 Å². The largest absolute Gasteiger partial charge is 0.497 e. The fraction of sp³-hybridized carbons (Fsp3) is 0.300. The lowest BCUT2D eigenvalue weighted by molar-refractivity contribution is -0.124. The lowest BCUT2D eigenvalue weighted by Gasteiger charge is -2.33. The van der Waals surface area contributed by atoms with Crippen molar-refractivity contribution in [2.24, 2.45) is 0 Å². The molecule has 0 radical (unpaired) electrons. The summed E-state index contributed by atoms with van der Waals surface area (Å²) in [5.74, 6) is -0.143. The average Bonchev–Trinajstić information content (AvgIpc) is 3.23. The number of fused-ring (bicyclic) bond motifs is 1. The Hall–Kier alpha value is -2.91. The van der Waals surface area contributed by atoms with Crippen LogP contribution in [0.3, 0.4) is 0 Å². The van der Waals surface area contributed by atoms with Gasteiger partial charge in [-0.15, -0.1) is 0 Å². The van der Waals surface area contributed by atoms with Gasteiger partial charge in [0.05, 0.1) is 23.4 Å². The van der Waals surface area contributed by atoms with Crippen LogP contribution in [-0.2, 0) is 19.6 Å². The first kappa shape index (κ1) is 19.4. The monoisotopic (exact) mass is 415 g/mol. The van der Waals surface area contributed by atoms with Crippen molar-refractivity contribution in [2.75, 3.05) is 30.4 Å². The number of benzene rings is 2. The minimum atomic E-state index is -3.86. The second-order valence-electron chi connectivity index (χ2n) is 6.94. The zero-order valence-corrected chi connectivity index (χ0v) is 16.7. The van der Waals surface area contributed by atoms with Crippen LogP contribution in [0.1, 0.15) is 12.8 Å². The van der Waals surface area contributed by atoms with Crippen molar-refractivity contribution in [1.82, 2.24) is 4.31 Å². The van der Waals surface area contributed by atoms with Gasteiger partial charge in [0.1, 0.15) is 18.3 Å². The minimum absolute atomic E-state index is 0.106. The van der Waals surface area contributed by atoms with E-state index in [1.807, 2.05) is 0 Å². The van der Waals surface area contributed by atoms with Crippen molar-refractivity contribution in [2.45, 2.75) is 23.8 Å². The number of sulfonamides is 1. The molecule has 2 aromatic carbocycles. The summed E-state index contributed by atoms with van der Waals surface area (Å²) in [6.07, 6.45) is 0.988. The van der Waals surface area contributed by atoms with Crippen LogP contribution in [0.15, 0.2) is 53.4 Å². The SMILES string of the molecule is COc1ccc(S(=O)(=O)N2CCC[C@@H]2C(=O)N2CC(=O)Nc3ccccc32)cc1. The van der Waals surface area contributed by atoms with Crippen molar-refractivity contribution < 1.29 is 22.7 Å². The number of amides is 2. The third-order valence-corrected chi connectivity index (χ3v) is 7.11. The van der Waals surface area contributed by atoms with Crippen LogP contribution in [0.25, 0.3) is 0 Å². The van der Waals surface area contributed by atoms with E-state index in [0.29, 0.717) is 30.0 Å². The van der Waals surface area contributed by atoms with Gasteiger partial charge in [0.15, 0.2) is 0 Å². The predicted octanol–water partition coefficient (Wildman–Crippen LogP) is 1.83. The summed E-state index contributed by atoms with van der Waals surface area (Å²) in [4.78, 5) is 26.9. The van der Waals surface area contributed by atoms with Gasteiger partial charge in [0, 0.05) is 6.54 Å². The molecular weight excluding hydrogens is 394 g/mol. The lowest BCUT2D eigenvalue weighted by atomic mass is 10.1. The lowest BCUT2D eigenvalue weighted by Crippen LogP contribution is -2.51. The Balaban J connectivity index is 1.64. The van der Waals surface area contributed by atoms with Crippen LogP contribution in [0.5, 0.6) is 5.75 Å². The Bertz CT molecular complexity index is 1050.